The second kappa shape index (κ2) is 7.58. The third-order valence-corrected chi connectivity index (χ3v) is 4.24. The molecule has 0 atom stereocenters. The zero-order chi connectivity index (χ0) is 16.1. The van der Waals surface area contributed by atoms with Gasteiger partial charge in [-0.1, -0.05) is 20.8 Å². The molecular weight excluding hydrogens is 294 g/mol. The van der Waals surface area contributed by atoms with E-state index < -0.39 is 0 Å². The van der Waals surface area contributed by atoms with E-state index in [1.165, 1.54) is 18.5 Å². The molecule has 1 saturated heterocycles. The van der Waals surface area contributed by atoms with Gasteiger partial charge in [0, 0.05) is 30.4 Å². The second-order valence-corrected chi connectivity index (χ2v) is 6.72. The highest BCUT2D eigenvalue weighted by atomic mass is 32.1. The van der Waals surface area contributed by atoms with Crippen LogP contribution in [0.4, 0.5) is 11.4 Å². The molecule has 0 saturated carbocycles. The predicted octanol–water partition coefficient (Wildman–Crippen LogP) is 3.39. The zero-order valence-corrected chi connectivity index (χ0v) is 14.4. The molecule has 0 aromatic heterocycles. The molecule has 1 aromatic rings. The lowest BCUT2D eigenvalue weighted by molar-refractivity contribution is -0.122. The molecular formula is C17H25N3OS. The fourth-order valence-corrected chi connectivity index (χ4v) is 2.66. The molecule has 2 N–H and O–H groups in total. The first-order chi connectivity index (χ1) is 10.5. The molecule has 1 amide bonds. The Kier molecular flexibility index (Phi) is 5.77. The Morgan fingerprint density at radius 1 is 1.23 bits per heavy atom. The summed E-state index contributed by atoms with van der Waals surface area (Å²) < 4.78 is 0. The van der Waals surface area contributed by atoms with Crippen molar-refractivity contribution in [1.29, 1.82) is 0 Å². The van der Waals surface area contributed by atoms with E-state index in [1.54, 1.807) is 0 Å². The van der Waals surface area contributed by atoms with Crippen LogP contribution in [0.15, 0.2) is 24.3 Å². The van der Waals surface area contributed by atoms with Crippen LogP contribution in [0.25, 0.3) is 0 Å². The van der Waals surface area contributed by atoms with Gasteiger partial charge in [0.2, 0.25) is 5.91 Å². The minimum absolute atomic E-state index is 0.0726. The number of nitrogens with zero attached hydrogens (tertiary/aromatic N) is 1. The molecule has 5 heteroatoms. The lowest BCUT2D eigenvalue weighted by Gasteiger charge is -2.32. The van der Waals surface area contributed by atoms with Crippen LogP contribution in [0.3, 0.4) is 0 Å². The van der Waals surface area contributed by atoms with Crippen molar-refractivity contribution in [3.63, 3.8) is 0 Å². The summed E-state index contributed by atoms with van der Waals surface area (Å²) in [6, 6.07) is 8.21. The Labute approximate surface area is 138 Å². The molecule has 1 aromatic carbocycles. The van der Waals surface area contributed by atoms with Gasteiger partial charge in [-0.05, 0) is 55.2 Å². The van der Waals surface area contributed by atoms with Crippen molar-refractivity contribution < 1.29 is 4.79 Å². The van der Waals surface area contributed by atoms with Crippen molar-refractivity contribution in [3.8, 4) is 0 Å². The number of thiocarbonyl (C=S) groups is 1. The van der Waals surface area contributed by atoms with Crippen LogP contribution in [-0.4, -0.2) is 24.1 Å². The average Bonchev–Trinajstić information content (AvgIpc) is 2.48. The molecule has 1 aliphatic rings. The van der Waals surface area contributed by atoms with Gasteiger partial charge in [-0.2, -0.15) is 0 Å². The van der Waals surface area contributed by atoms with E-state index in [9.17, 15) is 4.79 Å². The molecule has 1 fully saturated rings. The fourth-order valence-electron chi connectivity index (χ4n) is 2.44. The van der Waals surface area contributed by atoms with Crippen LogP contribution in [0.2, 0.25) is 0 Å². The van der Waals surface area contributed by atoms with Crippen LogP contribution in [-0.2, 0) is 4.79 Å². The van der Waals surface area contributed by atoms with E-state index >= 15 is 0 Å². The third-order valence-electron chi connectivity index (χ3n) is 4.04. The highest BCUT2D eigenvalue weighted by Crippen LogP contribution is 2.24. The quantitative estimate of drug-likeness (QED) is 0.838. The number of carbonyl (C=O) groups excluding carboxylic acids is 1. The Morgan fingerprint density at radius 3 is 2.36 bits per heavy atom. The highest BCUT2D eigenvalue weighted by Gasteiger charge is 2.16. The van der Waals surface area contributed by atoms with Crippen LogP contribution >= 0.6 is 12.2 Å². The molecule has 22 heavy (non-hydrogen) atoms. The van der Waals surface area contributed by atoms with Gasteiger partial charge >= 0.3 is 0 Å². The lowest BCUT2D eigenvalue weighted by atomic mass is 9.99. The van der Waals surface area contributed by atoms with Gasteiger partial charge < -0.3 is 15.5 Å². The minimum atomic E-state index is -0.0800. The second-order valence-electron chi connectivity index (χ2n) is 6.31. The monoisotopic (exact) mass is 319 g/mol. The maximum atomic E-state index is 11.6. The molecule has 0 spiro atoms. The van der Waals surface area contributed by atoms with E-state index in [2.05, 4.69) is 34.6 Å². The molecule has 0 radical (unpaired) electrons. The van der Waals surface area contributed by atoms with Crippen LogP contribution in [0, 0.1) is 11.8 Å². The number of carbonyl (C=O) groups is 1. The van der Waals surface area contributed by atoms with Crippen molar-refractivity contribution in [2.75, 3.05) is 23.3 Å². The standard InChI is InChI=1S/C17H25N3OS/c1-12(2)16(21)19-17(22)18-14-4-6-15(7-5-14)20-10-8-13(3)9-11-20/h4-7,12-13H,8-11H2,1-3H3,(H2,18,19,21,22). The molecule has 1 heterocycles. The van der Waals surface area contributed by atoms with E-state index in [4.69, 9.17) is 12.2 Å². The molecule has 120 valence electrons. The summed E-state index contributed by atoms with van der Waals surface area (Å²) in [7, 11) is 0. The van der Waals surface area contributed by atoms with Gasteiger partial charge in [0.15, 0.2) is 5.11 Å². The number of amides is 1. The Balaban J connectivity index is 1.89. The van der Waals surface area contributed by atoms with Crippen LogP contribution in [0.5, 0.6) is 0 Å². The molecule has 0 bridgehead atoms. The van der Waals surface area contributed by atoms with Gasteiger partial charge in [-0.15, -0.1) is 0 Å². The van der Waals surface area contributed by atoms with Gasteiger partial charge in [0.05, 0.1) is 0 Å². The van der Waals surface area contributed by atoms with E-state index in [0.717, 1.165) is 24.7 Å². The lowest BCUT2D eigenvalue weighted by Crippen LogP contribution is -2.36. The number of anilines is 2. The first-order valence-electron chi connectivity index (χ1n) is 7.92. The Morgan fingerprint density at radius 2 is 1.82 bits per heavy atom. The smallest absolute Gasteiger partial charge is 0.228 e. The van der Waals surface area contributed by atoms with Crippen molar-refractivity contribution in [2.45, 2.75) is 33.6 Å². The van der Waals surface area contributed by atoms with Crippen LogP contribution < -0.4 is 15.5 Å². The summed E-state index contributed by atoms with van der Waals surface area (Å²) in [6.45, 7) is 8.24. The number of piperidine rings is 1. The number of hydrogen-bond donors (Lipinski definition) is 2. The summed E-state index contributed by atoms with van der Waals surface area (Å²) in [5, 5.41) is 6.07. The summed E-state index contributed by atoms with van der Waals surface area (Å²) in [4.78, 5) is 14.0. The topological polar surface area (TPSA) is 44.4 Å². The van der Waals surface area contributed by atoms with Crippen molar-refractivity contribution in [2.24, 2.45) is 11.8 Å². The molecule has 0 aliphatic carbocycles. The Hall–Kier alpha value is -1.62. The fraction of sp³-hybridized carbons (Fsp3) is 0.529. The largest absolute Gasteiger partial charge is 0.372 e. The highest BCUT2D eigenvalue weighted by molar-refractivity contribution is 7.80. The maximum absolute atomic E-state index is 11.6. The predicted molar refractivity (Wildman–Crippen MR) is 96.3 cm³/mol. The van der Waals surface area contributed by atoms with Crippen LogP contribution in [0.1, 0.15) is 33.6 Å². The molecule has 4 nitrogen and oxygen atoms in total. The van der Waals surface area contributed by atoms with Gasteiger partial charge in [-0.25, -0.2) is 0 Å². The van der Waals surface area contributed by atoms with E-state index in [-0.39, 0.29) is 11.8 Å². The zero-order valence-electron chi connectivity index (χ0n) is 13.6. The number of hydrogen-bond acceptors (Lipinski definition) is 3. The van der Waals surface area contributed by atoms with E-state index in [1.807, 2.05) is 26.0 Å². The Bertz CT molecular complexity index is 519. The van der Waals surface area contributed by atoms with Gasteiger partial charge in [0.25, 0.3) is 0 Å². The maximum Gasteiger partial charge on any atom is 0.228 e. The van der Waals surface area contributed by atoms with E-state index in [0.29, 0.717) is 5.11 Å². The molecule has 0 unspecified atom stereocenters. The summed E-state index contributed by atoms with van der Waals surface area (Å²) in [5.41, 5.74) is 2.14. The average molecular weight is 319 g/mol. The van der Waals surface area contributed by atoms with Gasteiger partial charge in [0.1, 0.15) is 0 Å². The number of benzene rings is 1. The van der Waals surface area contributed by atoms with Gasteiger partial charge in [-0.3, -0.25) is 4.79 Å². The summed E-state index contributed by atoms with van der Waals surface area (Å²) in [5.74, 6) is 0.680. The van der Waals surface area contributed by atoms with Crippen molar-refractivity contribution in [1.82, 2.24) is 5.32 Å². The minimum Gasteiger partial charge on any atom is -0.372 e. The molecule has 2 rings (SSSR count). The summed E-state index contributed by atoms with van der Waals surface area (Å²) >= 11 is 5.15. The first kappa shape index (κ1) is 16.7. The van der Waals surface area contributed by atoms with Crippen molar-refractivity contribution >= 4 is 34.6 Å². The summed E-state index contributed by atoms with van der Waals surface area (Å²) in [6.07, 6.45) is 2.51. The number of nitrogens with one attached hydrogen (secondary N) is 2. The normalized spacial score (nSPS) is 15.7. The molecule has 1 aliphatic heterocycles. The first-order valence-corrected chi connectivity index (χ1v) is 8.33. The SMILES string of the molecule is CC1CCN(c2ccc(NC(=S)NC(=O)C(C)C)cc2)CC1. The number of rotatable bonds is 3. The van der Waals surface area contributed by atoms with Crippen molar-refractivity contribution in [3.05, 3.63) is 24.3 Å². The third kappa shape index (κ3) is 4.70.